The minimum atomic E-state index is -0.327. The molecule has 0 saturated carbocycles. The minimum Gasteiger partial charge on any atom is -0.355 e. The van der Waals surface area contributed by atoms with Crippen molar-refractivity contribution in [2.75, 3.05) is 12.4 Å². The van der Waals surface area contributed by atoms with Gasteiger partial charge in [0.15, 0.2) is 0 Å². The molecule has 0 bridgehead atoms. The number of anilines is 1. The highest BCUT2D eigenvalue weighted by Crippen LogP contribution is 2.20. The quantitative estimate of drug-likeness (QED) is 0.865. The van der Waals surface area contributed by atoms with Gasteiger partial charge in [0.1, 0.15) is 0 Å². The number of aromatic nitrogens is 1. The van der Waals surface area contributed by atoms with E-state index >= 15 is 0 Å². The molecular weight excluding hydrogens is 338 g/mol. The second kappa shape index (κ2) is 7.43. The monoisotopic (exact) mass is 353 g/mol. The molecule has 0 spiro atoms. The van der Waals surface area contributed by atoms with E-state index in [1.54, 1.807) is 22.1 Å². The number of hydrogen-bond donors (Lipinski definition) is 2. The molecule has 1 aromatic heterocycles. The number of nitrogens with one attached hydrogen (secondary N) is 2. The molecular formula is C15H16ClN3O3S. The minimum absolute atomic E-state index is 0.0799. The van der Waals surface area contributed by atoms with Crippen LogP contribution in [0.15, 0.2) is 28.4 Å². The Bertz CT molecular complexity index is 798. The summed E-state index contributed by atoms with van der Waals surface area (Å²) in [5.41, 5.74) is 1.60. The number of carbonyl (C=O) groups excluding carboxylic acids is 2. The van der Waals surface area contributed by atoms with Gasteiger partial charge < -0.3 is 15.2 Å². The molecule has 122 valence electrons. The van der Waals surface area contributed by atoms with Crippen molar-refractivity contribution in [2.45, 2.75) is 19.9 Å². The lowest BCUT2D eigenvalue weighted by molar-refractivity contribution is -0.116. The van der Waals surface area contributed by atoms with Crippen molar-refractivity contribution in [3.8, 4) is 0 Å². The van der Waals surface area contributed by atoms with Crippen molar-refractivity contribution >= 4 is 40.4 Å². The molecule has 6 nitrogen and oxygen atoms in total. The number of thiazole rings is 1. The third kappa shape index (κ3) is 4.20. The van der Waals surface area contributed by atoms with Gasteiger partial charge in [-0.15, -0.1) is 0 Å². The summed E-state index contributed by atoms with van der Waals surface area (Å²) in [6.07, 6.45) is 0.162. The van der Waals surface area contributed by atoms with Crippen molar-refractivity contribution < 1.29 is 9.59 Å². The van der Waals surface area contributed by atoms with Crippen LogP contribution in [0.5, 0.6) is 0 Å². The van der Waals surface area contributed by atoms with Crippen LogP contribution < -0.4 is 15.5 Å². The number of nitrogens with zero attached hydrogens (tertiary/aromatic N) is 1. The molecule has 2 rings (SSSR count). The van der Waals surface area contributed by atoms with Gasteiger partial charge in [-0.1, -0.05) is 22.9 Å². The van der Waals surface area contributed by atoms with Gasteiger partial charge in [-0.2, -0.15) is 0 Å². The third-order valence-electron chi connectivity index (χ3n) is 3.26. The highest BCUT2D eigenvalue weighted by Gasteiger charge is 2.11. The predicted molar refractivity (Wildman–Crippen MR) is 91.4 cm³/mol. The SMILES string of the molecule is CNC(=O)c1cc(NC(=O)CCn2c(C)csc2=O)ccc1Cl. The molecule has 2 N–H and O–H groups in total. The Morgan fingerprint density at radius 3 is 2.70 bits per heavy atom. The highest BCUT2D eigenvalue weighted by atomic mass is 35.5. The molecule has 2 amide bonds. The second-order valence-electron chi connectivity index (χ2n) is 4.87. The summed E-state index contributed by atoms with van der Waals surface area (Å²) in [6.45, 7) is 2.14. The van der Waals surface area contributed by atoms with E-state index in [0.717, 1.165) is 17.0 Å². The van der Waals surface area contributed by atoms with E-state index in [1.165, 1.54) is 13.1 Å². The molecule has 2 aromatic rings. The van der Waals surface area contributed by atoms with Crippen LogP contribution in [-0.4, -0.2) is 23.4 Å². The van der Waals surface area contributed by atoms with Crippen LogP contribution in [0.1, 0.15) is 22.5 Å². The summed E-state index contributed by atoms with van der Waals surface area (Å²) >= 11 is 7.07. The van der Waals surface area contributed by atoms with Crippen LogP contribution in [0.25, 0.3) is 0 Å². The van der Waals surface area contributed by atoms with Crippen molar-refractivity contribution in [3.05, 3.63) is 49.5 Å². The standard InChI is InChI=1S/C15H16ClN3O3S/c1-9-8-23-15(22)19(9)6-5-13(20)18-10-3-4-12(16)11(7-10)14(21)17-2/h3-4,7-8H,5-6H2,1-2H3,(H,17,21)(H,18,20). The molecule has 0 unspecified atom stereocenters. The zero-order chi connectivity index (χ0) is 17.0. The van der Waals surface area contributed by atoms with Gasteiger partial charge in [0.2, 0.25) is 5.91 Å². The van der Waals surface area contributed by atoms with Gasteiger partial charge in [-0.25, -0.2) is 0 Å². The first kappa shape index (κ1) is 17.2. The van der Waals surface area contributed by atoms with E-state index < -0.39 is 0 Å². The van der Waals surface area contributed by atoms with E-state index in [1.807, 2.05) is 6.92 Å². The predicted octanol–water partition coefficient (Wildman–Crippen LogP) is 2.26. The highest BCUT2D eigenvalue weighted by molar-refractivity contribution is 7.07. The average Bonchev–Trinajstić information content (AvgIpc) is 2.85. The van der Waals surface area contributed by atoms with Crippen LogP contribution >= 0.6 is 22.9 Å². The molecule has 0 fully saturated rings. The first-order valence-electron chi connectivity index (χ1n) is 6.88. The van der Waals surface area contributed by atoms with Gasteiger partial charge in [-0.05, 0) is 25.1 Å². The number of aryl methyl sites for hydroxylation is 1. The van der Waals surface area contributed by atoms with Crippen LogP contribution in [0.2, 0.25) is 5.02 Å². The van der Waals surface area contributed by atoms with E-state index in [9.17, 15) is 14.4 Å². The smallest absolute Gasteiger partial charge is 0.307 e. The summed E-state index contributed by atoms with van der Waals surface area (Å²) in [6, 6.07) is 4.69. The Morgan fingerprint density at radius 2 is 2.09 bits per heavy atom. The Labute approximate surface area is 142 Å². The number of carbonyl (C=O) groups is 2. The zero-order valence-electron chi connectivity index (χ0n) is 12.7. The maximum Gasteiger partial charge on any atom is 0.307 e. The lowest BCUT2D eigenvalue weighted by Gasteiger charge is -2.09. The Hall–Kier alpha value is -2.12. The van der Waals surface area contributed by atoms with Gasteiger partial charge in [0, 0.05) is 36.8 Å². The number of benzene rings is 1. The molecule has 0 saturated heterocycles. The van der Waals surface area contributed by atoms with Crippen molar-refractivity contribution in [3.63, 3.8) is 0 Å². The molecule has 0 radical (unpaired) electrons. The van der Waals surface area contributed by atoms with Crippen LogP contribution in [-0.2, 0) is 11.3 Å². The number of hydrogen-bond acceptors (Lipinski definition) is 4. The first-order chi connectivity index (χ1) is 10.9. The lowest BCUT2D eigenvalue weighted by Crippen LogP contribution is -2.21. The molecule has 23 heavy (non-hydrogen) atoms. The maximum absolute atomic E-state index is 12.0. The molecule has 0 aliphatic carbocycles. The first-order valence-corrected chi connectivity index (χ1v) is 8.14. The average molecular weight is 354 g/mol. The Morgan fingerprint density at radius 1 is 1.35 bits per heavy atom. The Kier molecular flexibility index (Phi) is 5.57. The van der Waals surface area contributed by atoms with E-state index in [4.69, 9.17) is 11.6 Å². The van der Waals surface area contributed by atoms with Crippen molar-refractivity contribution in [1.29, 1.82) is 0 Å². The maximum atomic E-state index is 12.0. The molecule has 0 atom stereocenters. The zero-order valence-corrected chi connectivity index (χ0v) is 14.3. The Balaban J connectivity index is 2.03. The van der Waals surface area contributed by atoms with Crippen LogP contribution in [0.4, 0.5) is 5.69 Å². The summed E-state index contributed by atoms with van der Waals surface area (Å²) in [7, 11) is 1.50. The molecule has 8 heteroatoms. The summed E-state index contributed by atoms with van der Waals surface area (Å²) < 4.78 is 1.56. The van der Waals surface area contributed by atoms with Gasteiger partial charge >= 0.3 is 4.87 Å². The fraction of sp³-hybridized carbons (Fsp3) is 0.267. The number of rotatable bonds is 5. The molecule has 0 aliphatic rings. The largest absolute Gasteiger partial charge is 0.355 e. The van der Waals surface area contributed by atoms with Crippen LogP contribution in [0, 0.1) is 6.92 Å². The normalized spacial score (nSPS) is 10.4. The molecule has 1 aromatic carbocycles. The third-order valence-corrected chi connectivity index (χ3v) is 4.47. The summed E-state index contributed by atoms with van der Waals surface area (Å²) in [5, 5.41) is 7.25. The second-order valence-corrected chi connectivity index (χ2v) is 6.09. The van der Waals surface area contributed by atoms with E-state index in [-0.39, 0.29) is 28.7 Å². The number of amides is 2. The molecule has 1 heterocycles. The van der Waals surface area contributed by atoms with Crippen LogP contribution in [0.3, 0.4) is 0 Å². The topological polar surface area (TPSA) is 80.2 Å². The number of halogens is 1. The lowest BCUT2D eigenvalue weighted by atomic mass is 10.2. The van der Waals surface area contributed by atoms with Gasteiger partial charge in [-0.3, -0.25) is 14.4 Å². The van der Waals surface area contributed by atoms with E-state index in [0.29, 0.717) is 17.3 Å². The van der Waals surface area contributed by atoms with Crippen molar-refractivity contribution in [1.82, 2.24) is 9.88 Å². The summed E-state index contributed by atoms with van der Waals surface area (Å²) in [4.78, 5) is 35.2. The fourth-order valence-corrected chi connectivity index (χ4v) is 2.99. The molecule has 0 aliphatic heterocycles. The van der Waals surface area contributed by atoms with Gasteiger partial charge in [0.25, 0.3) is 5.91 Å². The summed E-state index contributed by atoms with van der Waals surface area (Å²) in [5.74, 6) is -0.570. The van der Waals surface area contributed by atoms with Crippen molar-refractivity contribution in [2.24, 2.45) is 0 Å². The van der Waals surface area contributed by atoms with E-state index in [2.05, 4.69) is 10.6 Å². The van der Waals surface area contributed by atoms with Gasteiger partial charge in [0.05, 0.1) is 10.6 Å². The fourth-order valence-electron chi connectivity index (χ4n) is 2.02.